The van der Waals surface area contributed by atoms with Crippen LogP contribution < -0.4 is 15.4 Å². The summed E-state index contributed by atoms with van der Waals surface area (Å²) in [6.45, 7) is 2.63. The summed E-state index contributed by atoms with van der Waals surface area (Å²) in [6, 6.07) is -0.335. The fourth-order valence-electron chi connectivity index (χ4n) is 0.702. The summed E-state index contributed by atoms with van der Waals surface area (Å²) in [4.78, 5) is 10.9. The van der Waals surface area contributed by atoms with Crippen LogP contribution in [0.1, 0.15) is 13.3 Å². The van der Waals surface area contributed by atoms with Gasteiger partial charge in [0, 0.05) is 13.1 Å². The first-order chi connectivity index (χ1) is 6.52. The maximum Gasteiger partial charge on any atom is 0.314 e. The van der Waals surface area contributed by atoms with Crippen molar-refractivity contribution >= 4 is 16.1 Å². The Morgan fingerprint density at radius 2 is 1.79 bits per heavy atom. The zero-order chi connectivity index (χ0) is 11.0. The van der Waals surface area contributed by atoms with Crippen molar-refractivity contribution in [3.8, 4) is 0 Å². The molecule has 0 saturated carbocycles. The van der Waals surface area contributed by atoms with Gasteiger partial charge >= 0.3 is 6.03 Å². The van der Waals surface area contributed by atoms with Crippen molar-refractivity contribution in [1.29, 1.82) is 0 Å². The minimum absolute atomic E-state index is 0.108. The van der Waals surface area contributed by atoms with E-state index in [1.165, 1.54) is 7.05 Å². The number of sulfonamides is 1. The summed E-state index contributed by atoms with van der Waals surface area (Å²) in [5.41, 5.74) is 0. The lowest BCUT2D eigenvalue weighted by Gasteiger charge is -2.06. The Morgan fingerprint density at radius 1 is 1.21 bits per heavy atom. The molecule has 0 aliphatic heterocycles. The van der Waals surface area contributed by atoms with Gasteiger partial charge in [-0.2, -0.15) is 0 Å². The molecule has 0 fully saturated rings. The molecule has 0 radical (unpaired) electrons. The van der Waals surface area contributed by atoms with Crippen LogP contribution in [0.15, 0.2) is 0 Å². The molecular formula is C7H17N3O3S. The molecule has 0 aromatic rings. The number of amides is 2. The number of carbonyl (C=O) groups excluding carboxylic acids is 1. The molecule has 0 bridgehead atoms. The van der Waals surface area contributed by atoms with Crippen LogP contribution in [0.25, 0.3) is 0 Å². The fraction of sp³-hybridized carbons (Fsp3) is 0.857. The van der Waals surface area contributed by atoms with Crippen molar-refractivity contribution in [1.82, 2.24) is 15.4 Å². The van der Waals surface area contributed by atoms with Crippen LogP contribution in [-0.4, -0.2) is 40.3 Å². The molecule has 0 rings (SSSR count). The first kappa shape index (κ1) is 13.2. The third-order valence-electron chi connectivity index (χ3n) is 1.50. The highest BCUT2D eigenvalue weighted by Gasteiger charge is 2.06. The van der Waals surface area contributed by atoms with Gasteiger partial charge in [-0.05, 0) is 13.5 Å². The summed E-state index contributed by atoms with van der Waals surface area (Å²) < 4.78 is 24.0. The number of carbonyl (C=O) groups is 1. The molecule has 3 N–H and O–H groups in total. The second-order valence-corrected chi connectivity index (χ2v) is 4.75. The molecule has 2 amide bonds. The maximum absolute atomic E-state index is 10.9. The van der Waals surface area contributed by atoms with Crippen molar-refractivity contribution in [2.45, 2.75) is 13.3 Å². The molecule has 0 aliphatic rings. The predicted molar refractivity (Wildman–Crippen MR) is 54.5 cm³/mol. The highest BCUT2D eigenvalue weighted by Crippen LogP contribution is 1.79. The van der Waals surface area contributed by atoms with Gasteiger partial charge in [-0.3, -0.25) is 0 Å². The van der Waals surface area contributed by atoms with Gasteiger partial charge in [0.1, 0.15) is 0 Å². The van der Waals surface area contributed by atoms with Gasteiger partial charge in [0.05, 0.1) is 5.75 Å². The Balaban J connectivity index is 3.59. The SMILES string of the molecule is CCCNC(=O)NCCS(=O)(=O)NC. The fourth-order valence-corrected chi connectivity index (χ4v) is 1.28. The van der Waals surface area contributed by atoms with E-state index in [0.717, 1.165) is 6.42 Å². The topological polar surface area (TPSA) is 87.3 Å². The molecule has 6 nitrogen and oxygen atoms in total. The summed E-state index contributed by atoms with van der Waals surface area (Å²) in [5, 5.41) is 5.01. The van der Waals surface area contributed by atoms with E-state index in [9.17, 15) is 13.2 Å². The smallest absolute Gasteiger partial charge is 0.314 e. The van der Waals surface area contributed by atoms with Crippen LogP contribution in [-0.2, 0) is 10.0 Å². The Labute approximate surface area is 84.5 Å². The Morgan fingerprint density at radius 3 is 2.29 bits per heavy atom. The molecule has 0 aliphatic carbocycles. The van der Waals surface area contributed by atoms with Crippen LogP contribution in [0, 0.1) is 0 Å². The first-order valence-electron chi connectivity index (χ1n) is 4.44. The number of hydrogen-bond acceptors (Lipinski definition) is 3. The van der Waals surface area contributed by atoms with E-state index in [4.69, 9.17) is 0 Å². The first-order valence-corrected chi connectivity index (χ1v) is 6.10. The zero-order valence-electron chi connectivity index (χ0n) is 8.46. The molecule has 0 heterocycles. The van der Waals surface area contributed by atoms with Gasteiger partial charge in [0.15, 0.2) is 0 Å². The third kappa shape index (κ3) is 6.67. The second-order valence-electron chi connectivity index (χ2n) is 2.71. The van der Waals surface area contributed by atoms with Crippen molar-refractivity contribution in [2.24, 2.45) is 0 Å². The Hall–Kier alpha value is -0.820. The van der Waals surface area contributed by atoms with Crippen LogP contribution in [0.3, 0.4) is 0 Å². The highest BCUT2D eigenvalue weighted by atomic mass is 32.2. The van der Waals surface area contributed by atoms with Gasteiger partial charge in [-0.1, -0.05) is 6.92 Å². The van der Waals surface area contributed by atoms with Crippen molar-refractivity contribution in [3.05, 3.63) is 0 Å². The molecule has 0 aromatic carbocycles. The van der Waals surface area contributed by atoms with Crippen molar-refractivity contribution in [3.63, 3.8) is 0 Å². The lowest BCUT2D eigenvalue weighted by Crippen LogP contribution is -2.39. The molecule has 14 heavy (non-hydrogen) atoms. The molecule has 7 heteroatoms. The van der Waals surface area contributed by atoms with Crippen LogP contribution in [0.2, 0.25) is 0 Å². The van der Waals surface area contributed by atoms with E-state index in [1.54, 1.807) is 0 Å². The van der Waals surface area contributed by atoms with Gasteiger partial charge in [0.25, 0.3) is 0 Å². The third-order valence-corrected chi connectivity index (χ3v) is 2.87. The van der Waals surface area contributed by atoms with Gasteiger partial charge < -0.3 is 10.6 Å². The van der Waals surface area contributed by atoms with Crippen LogP contribution >= 0.6 is 0 Å². The van der Waals surface area contributed by atoms with Crippen LogP contribution in [0.4, 0.5) is 4.79 Å². The van der Waals surface area contributed by atoms with E-state index in [2.05, 4.69) is 15.4 Å². The van der Waals surface area contributed by atoms with E-state index >= 15 is 0 Å². The normalized spacial score (nSPS) is 11.0. The Kier molecular flexibility index (Phi) is 6.22. The van der Waals surface area contributed by atoms with Gasteiger partial charge in [-0.15, -0.1) is 0 Å². The molecular weight excluding hydrogens is 206 g/mol. The minimum Gasteiger partial charge on any atom is -0.338 e. The van der Waals surface area contributed by atoms with E-state index in [1.807, 2.05) is 6.92 Å². The quantitative estimate of drug-likeness (QED) is 0.553. The van der Waals surface area contributed by atoms with E-state index in [-0.39, 0.29) is 18.3 Å². The standard InChI is InChI=1S/C7H17N3O3S/c1-3-4-9-7(11)10-5-6-14(12,13)8-2/h8H,3-6H2,1-2H3,(H2,9,10,11). The number of urea groups is 1. The summed E-state index contributed by atoms with van der Waals surface area (Å²) in [6.07, 6.45) is 0.849. The second kappa shape index (κ2) is 6.61. The van der Waals surface area contributed by atoms with E-state index in [0.29, 0.717) is 6.54 Å². The van der Waals surface area contributed by atoms with Gasteiger partial charge in [0.2, 0.25) is 10.0 Å². The Bertz CT molecular complexity index is 263. The minimum atomic E-state index is -3.23. The number of rotatable bonds is 6. The predicted octanol–water partition coefficient (Wildman–Crippen LogP) is -0.755. The maximum atomic E-state index is 10.9. The highest BCUT2D eigenvalue weighted by molar-refractivity contribution is 7.89. The number of hydrogen-bond donors (Lipinski definition) is 3. The molecule has 0 spiro atoms. The summed E-state index contributed by atoms with van der Waals surface area (Å²) >= 11 is 0. The van der Waals surface area contributed by atoms with Gasteiger partial charge in [-0.25, -0.2) is 17.9 Å². The monoisotopic (exact) mass is 223 g/mol. The summed E-state index contributed by atoms with van der Waals surface area (Å²) in [7, 11) is -1.89. The van der Waals surface area contributed by atoms with Crippen molar-refractivity contribution in [2.75, 3.05) is 25.9 Å². The average molecular weight is 223 g/mol. The van der Waals surface area contributed by atoms with E-state index < -0.39 is 10.0 Å². The summed E-state index contributed by atoms with van der Waals surface area (Å²) in [5.74, 6) is -0.108. The van der Waals surface area contributed by atoms with Crippen molar-refractivity contribution < 1.29 is 13.2 Å². The largest absolute Gasteiger partial charge is 0.338 e. The average Bonchev–Trinajstić information content (AvgIpc) is 2.14. The molecule has 0 unspecified atom stereocenters. The molecule has 0 saturated heterocycles. The number of nitrogens with one attached hydrogen (secondary N) is 3. The molecule has 84 valence electrons. The molecule has 0 aromatic heterocycles. The molecule has 0 atom stereocenters. The lowest BCUT2D eigenvalue weighted by molar-refractivity contribution is 0.241. The zero-order valence-corrected chi connectivity index (χ0v) is 9.28. The van der Waals surface area contributed by atoms with Crippen LogP contribution in [0.5, 0.6) is 0 Å². The lowest BCUT2D eigenvalue weighted by atomic mass is 10.5.